The highest BCUT2D eigenvalue weighted by Crippen LogP contribution is 2.29. The molecule has 2 nitrogen and oxygen atoms in total. The Hall–Kier alpha value is -1.90. The minimum atomic E-state index is 0.115. The molecule has 2 aromatic rings. The van der Waals surface area contributed by atoms with Crippen LogP contribution in [-0.2, 0) is 0 Å². The summed E-state index contributed by atoms with van der Waals surface area (Å²) in [6.07, 6.45) is 2.08. The summed E-state index contributed by atoms with van der Waals surface area (Å²) in [4.78, 5) is 0. The maximum atomic E-state index is 12.4. The van der Waals surface area contributed by atoms with Gasteiger partial charge < -0.3 is 10.3 Å². The largest absolute Gasteiger partial charge is 0.623 e. The molecule has 17 heavy (non-hydrogen) atoms. The highest BCUT2D eigenvalue weighted by Gasteiger charge is 2.18. The lowest BCUT2D eigenvalue weighted by molar-refractivity contribution is -0.698. The number of benzene rings is 2. The molecule has 1 heterocycles. The van der Waals surface area contributed by atoms with Gasteiger partial charge in [-0.25, -0.2) is 0 Å². The summed E-state index contributed by atoms with van der Waals surface area (Å²) in [6.45, 7) is 2.05. The first-order valence-corrected chi connectivity index (χ1v) is 5.69. The van der Waals surface area contributed by atoms with E-state index >= 15 is 0 Å². The molecule has 84 valence electrons. The van der Waals surface area contributed by atoms with E-state index in [4.69, 9.17) is 0 Å². The SMILES string of the molecule is CC1=Cc2ccccc2[NH+]([O-])c2ccccc21. The molecule has 0 aromatic heterocycles. The minimum Gasteiger partial charge on any atom is -0.623 e. The van der Waals surface area contributed by atoms with Crippen molar-refractivity contribution in [3.8, 4) is 0 Å². The lowest BCUT2D eigenvalue weighted by Crippen LogP contribution is -2.96. The monoisotopic (exact) mass is 223 g/mol. The van der Waals surface area contributed by atoms with Crippen LogP contribution in [0, 0.1) is 5.21 Å². The second kappa shape index (κ2) is 3.84. The van der Waals surface area contributed by atoms with Crippen LogP contribution in [0.5, 0.6) is 0 Å². The van der Waals surface area contributed by atoms with Crippen molar-refractivity contribution in [3.63, 3.8) is 0 Å². The van der Waals surface area contributed by atoms with Crippen LogP contribution in [0.1, 0.15) is 18.1 Å². The van der Waals surface area contributed by atoms with E-state index in [1.165, 1.54) is 0 Å². The van der Waals surface area contributed by atoms with Crippen LogP contribution in [-0.4, -0.2) is 0 Å². The van der Waals surface area contributed by atoms with E-state index in [1.54, 1.807) is 0 Å². The summed E-state index contributed by atoms with van der Waals surface area (Å²) in [7, 11) is 0. The Balaban J connectivity index is 2.32. The zero-order chi connectivity index (χ0) is 11.8. The molecule has 1 N–H and O–H groups in total. The van der Waals surface area contributed by atoms with E-state index in [-0.39, 0.29) is 5.06 Å². The Morgan fingerprint density at radius 1 is 0.882 bits per heavy atom. The smallest absolute Gasteiger partial charge is 0.143 e. The van der Waals surface area contributed by atoms with Gasteiger partial charge in [-0.05, 0) is 30.7 Å². The van der Waals surface area contributed by atoms with Gasteiger partial charge in [0.2, 0.25) is 0 Å². The Morgan fingerprint density at radius 2 is 1.53 bits per heavy atom. The molecule has 0 radical (unpaired) electrons. The number of quaternary nitrogens is 1. The van der Waals surface area contributed by atoms with Crippen LogP contribution >= 0.6 is 0 Å². The second-order valence-corrected chi connectivity index (χ2v) is 4.29. The van der Waals surface area contributed by atoms with Crippen molar-refractivity contribution in [1.29, 1.82) is 0 Å². The molecule has 1 aliphatic heterocycles. The quantitative estimate of drug-likeness (QED) is 0.683. The van der Waals surface area contributed by atoms with Gasteiger partial charge in [0.05, 0.1) is 0 Å². The van der Waals surface area contributed by atoms with Gasteiger partial charge >= 0.3 is 0 Å². The van der Waals surface area contributed by atoms with Gasteiger partial charge in [0.1, 0.15) is 11.4 Å². The predicted octanol–water partition coefficient (Wildman–Crippen LogP) is 2.91. The Bertz CT molecular complexity index is 601. The number of rotatable bonds is 0. The molecule has 2 aromatic carbocycles. The second-order valence-electron chi connectivity index (χ2n) is 4.29. The summed E-state index contributed by atoms with van der Waals surface area (Å²) in [5.74, 6) is 0. The van der Waals surface area contributed by atoms with Crippen LogP contribution in [0.15, 0.2) is 48.5 Å². The third-order valence-corrected chi connectivity index (χ3v) is 3.17. The lowest BCUT2D eigenvalue weighted by atomic mass is 10.0. The van der Waals surface area contributed by atoms with Gasteiger partial charge in [-0.1, -0.05) is 24.3 Å². The molecule has 0 aliphatic carbocycles. The zero-order valence-corrected chi connectivity index (χ0v) is 9.60. The van der Waals surface area contributed by atoms with Crippen molar-refractivity contribution >= 4 is 23.0 Å². The average molecular weight is 223 g/mol. The average Bonchev–Trinajstić information content (AvgIpc) is 2.48. The zero-order valence-electron chi connectivity index (χ0n) is 9.60. The molecule has 1 aliphatic rings. The van der Waals surface area contributed by atoms with Gasteiger partial charge in [-0.15, -0.1) is 0 Å². The molecule has 0 amide bonds. The Labute approximate surface area is 100 Å². The van der Waals surface area contributed by atoms with Crippen LogP contribution < -0.4 is 5.06 Å². The van der Waals surface area contributed by atoms with E-state index < -0.39 is 0 Å². The summed E-state index contributed by atoms with van der Waals surface area (Å²) in [5.41, 5.74) is 4.77. The molecule has 0 saturated heterocycles. The van der Waals surface area contributed by atoms with Crippen LogP contribution in [0.4, 0.5) is 11.4 Å². The molecule has 0 saturated carbocycles. The van der Waals surface area contributed by atoms with Crippen LogP contribution in [0.3, 0.4) is 0 Å². The molecule has 1 atom stereocenters. The molecule has 0 bridgehead atoms. The van der Waals surface area contributed by atoms with E-state index in [0.717, 1.165) is 28.1 Å². The van der Waals surface area contributed by atoms with Crippen molar-refractivity contribution in [2.75, 3.05) is 0 Å². The lowest BCUT2D eigenvalue weighted by Gasteiger charge is -2.23. The predicted molar refractivity (Wildman–Crippen MR) is 70.1 cm³/mol. The minimum absolute atomic E-state index is 0.115. The van der Waals surface area contributed by atoms with Crippen molar-refractivity contribution in [2.45, 2.75) is 6.92 Å². The fraction of sp³-hybridized carbons (Fsp3) is 0.0667. The van der Waals surface area contributed by atoms with Crippen LogP contribution in [0.25, 0.3) is 11.6 Å². The number of fused-ring (bicyclic) bond motifs is 2. The number of hydrogen-bond donors (Lipinski definition) is 1. The Morgan fingerprint density at radius 3 is 2.35 bits per heavy atom. The first-order valence-electron chi connectivity index (χ1n) is 5.69. The van der Waals surface area contributed by atoms with Gasteiger partial charge in [-0.2, -0.15) is 0 Å². The van der Waals surface area contributed by atoms with Gasteiger partial charge in [0.25, 0.3) is 0 Å². The van der Waals surface area contributed by atoms with Crippen molar-refractivity contribution < 1.29 is 5.06 Å². The Kier molecular flexibility index (Phi) is 2.32. The van der Waals surface area contributed by atoms with E-state index in [9.17, 15) is 5.21 Å². The molecule has 3 rings (SSSR count). The molecule has 0 spiro atoms. The van der Waals surface area contributed by atoms with Gasteiger partial charge in [-0.3, -0.25) is 0 Å². The third kappa shape index (κ3) is 1.58. The fourth-order valence-corrected chi connectivity index (χ4v) is 2.31. The first kappa shape index (κ1) is 10.3. The first-order chi connectivity index (χ1) is 8.27. The van der Waals surface area contributed by atoms with Gasteiger partial charge in [0.15, 0.2) is 0 Å². The number of para-hydroxylation sites is 2. The maximum absolute atomic E-state index is 12.4. The van der Waals surface area contributed by atoms with Gasteiger partial charge in [0, 0.05) is 23.3 Å². The highest BCUT2D eigenvalue weighted by molar-refractivity contribution is 5.87. The molecule has 2 heteroatoms. The number of hydrogen-bond acceptors (Lipinski definition) is 1. The van der Waals surface area contributed by atoms with E-state index in [0.29, 0.717) is 0 Å². The third-order valence-electron chi connectivity index (χ3n) is 3.17. The van der Waals surface area contributed by atoms with Crippen molar-refractivity contribution in [1.82, 2.24) is 0 Å². The molecule has 1 unspecified atom stereocenters. The summed E-state index contributed by atoms with van der Waals surface area (Å²) >= 11 is 0. The fourth-order valence-electron chi connectivity index (χ4n) is 2.31. The van der Waals surface area contributed by atoms with Crippen molar-refractivity contribution in [2.24, 2.45) is 0 Å². The van der Waals surface area contributed by atoms with E-state index in [1.807, 2.05) is 55.5 Å². The topological polar surface area (TPSA) is 27.5 Å². The molecule has 0 fully saturated rings. The summed E-state index contributed by atoms with van der Waals surface area (Å²) < 4.78 is 0. The maximum Gasteiger partial charge on any atom is 0.143 e. The number of nitrogens with one attached hydrogen (secondary N) is 1. The normalized spacial score (nSPS) is 17.8. The van der Waals surface area contributed by atoms with Crippen LogP contribution in [0.2, 0.25) is 0 Å². The summed E-state index contributed by atoms with van der Waals surface area (Å²) in [6, 6.07) is 15.5. The molecular weight excluding hydrogens is 210 g/mol. The highest BCUT2D eigenvalue weighted by atomic mass is 16.5. The van der Waals surface area contributed by atoms with E-state index in [2.05, 4.69) is 6.08 Å². The molecular formula is C15H13NO. The van der Waals surface area contributed by atoms with Crippen molar-refractivity contribution in [3.05, 3.63) is 64.9 Å². The number of allylic oxidation sites excluding steroid dienone is 1. The summed E-state index contributed by atoms with van der Waals surface area (Å²) in [5, 5.41) is 12.6. The standard InChI is InChI=1S/C15H13NO/c1-11-10-12-6-2-4-8-14(12)16(17)15-9-5-3-7-13(11)15/h2-10,16H,1H3.